The second-order valence-electron chi connectivity index (χ2n) is 4.58. The predicted octanol–water partition coefficient (Wildman–Crippen LogP) is 3.10. The monoisotopic (exact) mass is 305 g/mol. The molecule has 0 aromatic heterocycles. The molecular weight excluding hydrogens is 289 g/mol. The summed E-state index contributed by atoms with van der Waals surface area (Å²) >= 11 is 0. The summed E-state index contributed by atoms with van der Waals surface area (Å²) in [5.74, 6) is 0.187. The van der Waals surface area contributed by atoms with Gasteiger partial charge in [-0.05, 0) is 29.8 Å². The largest absolute Gasteiger partial charge is 0.326 e. The van der Waals surface area contributed by atoms with Crippen LogP contribution in [0.25, 0.3) is 0 Å². The van der Waals surface area contributed by atoms with Crippen molar-refractivity contribution in [3.8, 4) is 0 Å². The third-order valence-electron chi connectivity index (χ3n) is 2.86. The zero-order chi connectivity index (χ0) is 15.1. The maximum absolute atomic E-state index is 12.7. The molecule has 5 heteroatoms. The Balaban J connectivity index is 1.76. The summed E-state index contributed by atoms with van der Waals surface area (Å²) < 4.78 is 24.6. The first-order valence-corrected chi connectivity index (χ1v) is 8.06. The van der Waals surface area contributed by atoms with Crippen LogP contribution in [-0.2, 0) is 21.3 Å². The van der Waals surface area contributed by atoms with E-state index in [1.54, 1.807) is 0 Å². The van der Waals surface area contributed by atoms with E-state index in [9.17, 15) is 13.4 Å². The molecule has 0 saturated carbocycles. The maximum Gasteiger partial charge on any atom is 0.225 e. The van der Waals surface area contributed by atoms with Gasteiger partial charge in [-0.1, -0.05) is 30.3 Å². The first-order valence-electron chi connectivity index (χ1n) is 6.58. The second kappa shape index (κ2) is 7.69. The standard InChI is InChI=1S/C16H16FNO2S/c17-14-6-8-15(9-7-14)18-16(19)10-11-21(20)12-13-4-2-1-3-5-13/h1-9H,10-12H2,(H,18,19)/t21-/m0/s1. The van der Waals surface area contributed by atoms with Gasteiger partial charge < -0.3 is 5.32 Å². The number of amides is 1. The summed E-state index contributed by atoms with van der Waals surface area (Å²) in [6, 6.07) is 15.1. The molecule has 3 nitrogen and oxygen atoms in total. The zero-order valence-corrected chi connectivity index (χ0v) is 12.2. The average Bonchev–Trinajstić information content (AvgIpc) is 2.49. The molecule has 110 valence electrons. The van der Waals surface area contributed by atoms with Gasteiger partial charge in [0.2, 0.25) is 5.91 Å². The predicted molar refractivity (Wildman–Crippen MR) is 82.8 cm³/mol. The summed E-state index contributed by atoms with van der Waals surface area (Å²) in [7, 11) is -1.07. The lowest BCUT2D eigenvalue weighted by Crippen LogP contribution is -2.15. The lowest BCUT2D eigenvalue weighted by Gasteiger charge is -2.05. The lowest BCUT2D eigenvalue weighted by atomic mass is 10.2. The zero-order valence-electron chi connectivity index (χ0n) is 11.4. The minimum atomic E-state index is -1.07. The molecule has 1 N–H and O–H groups in total. The Hall–Kier alpha value is -2.01. The maximum atomic E-state index is 12.7. The number of carbonyl (C=O) groups is 1. The van der Waals surface area contributed by atoms with Crippen LogP contribution in [0.15, 0.2) is 54.6 Å². The Labute approximate surface area is 125 Å². The highest BCUT2D eigenvalue weighted by molar-refractivity contribution is 7.84. The number of nitrogens with one attached hydrogen (secondary N) is 1. The molecule has 0 spiro atoms. The number of carbonyl (C=O) groups excluding carboxylic acids is 1. The van der Waals surface area contributed by atoms with Gasteiger partial charge in [0.25, 0.3) is 0 Å². The fourth-order valence-electron chi connectivity index (χ4n) is 1.80. The van der Waals surface area contributed by atoms with E-state index in [4.69, 9.17) is 0 Å². The summed E-state index contributed by atoms with van der Waals surface area (Å²) in [4.78, 5) is 11.7. The van der Waals surface area contributed by atoms with E-state index in [1.165, 1.54) is 24.3 Å². The van der Waals surface area contributed by atoms with Gasteiger partial charge in [-0.2, -0.15) is 0 Å². The van der Waals surface area contributed by atoms with Crippen LogP contribution in [0.1, 0.15) is 12.0 Å². The van der Waals surface area contributed by atoms with Gasteiger partial charge in [-0.3, -0.25) is 9.00 Å². The van der Waals surface area contributed by atoms with Crippen LogP contribution in [0.3, 0.4) is 0 Å². The SMILES string of the molecule is O=C(CC[S@](=O)Cc1ccccc1)Nc1ccc(F)cc1. The topological polar surface area (TPSA) is 46.2 Å². The van der Waals surface area contributed by atoms with E-state index in [0.29, 0.717) is 17.2 Å². The molecule has 1 atom stereocenters. The third-order valence-corrected chi connectivity index (χ3v) is 4.17. The Morgan fingerprint density at radius 3 is 2.38 bits per heavy atom. The van der Waals surface area contributed by atoms with Crippen molar-refractivity contribution in [3.63, 3.8) is 0 Å². The van der Waals surface area contributed by atoms with E-state index >= 15 is 0 Å². The van der Waals surface area contributed by atoms with Crippen LogP contribution in [0.4, 0.5) is 10.1 Å². The molecule has 0 radical (unpaired) electrons. The van der Waals surface area contributed by atoms with Crippen molar-refractivity contribution in [1.82, 2.24) is 0 Å². The van der Waals surface area contributed by atoms with E-state index < -0.39 is 10.8 Å². The highest BCUT2D eigenvalue weighted by Crippen LogP contribution is 2.09. The van der Waals surface area contributed by atoms with Crippen LogP contribution >= 0.6 is 0 Å². The van der Waals surface area contributed by atoms with Crippen LogP contribution < -0.4 is 5.32 Å². The van der Waals surface area contributed by atoms with Crippen molar-refractivity contribution >= 4 is 22.4 Å². The molecular formula is C16H16FNO2S. The minimum Gasteiger partial charge on any atom is -0.326 e. The van der Waals surface area contributed by atoms with Crippen molar-refractivity contribution in [2.45, 2.75) is 12.2 Å². The molecule has 0 saturated heterocycles. The van der Waals surface area contributed by atoms with Gasteiger partial charge in [0, 0.05) is 34.4 Å². The Morgan fingerprint density at radius 2 is 1.71 bits per heavy atom. The van der Waals surface area contributed by atoms with Gasteiger partial charge >= 0.3 is 0 Å². The first kappa shape index (κ1) is 15.4. The highest BCUT2D eigenvalue weighted by atomic mass is 32.2. The molecule has 2 aromatic carbocycles. The van der Waals surface area contributed by atoms with Crippen LogP contribution in [0, 0.1) is 5.82 Å². The summed E-state index contributed by atoms with van der Waals surface area (Å²) in [6.45, 7) is 0. The molecule has 21 heavy (non-hydrogen) atoms. The van der Waals surface area contributed by atoms with Crippen molar-refractivity contribution in [1.29, 1.82) is 0 Å². The summed E-state index contributed by atoms with van der Waals surface area (Å²) in [5.41, 5.74) is 1.53. The molecule has 0 bridgehead atoms. The van der Waals surface area contributed by atoms with E-state index in [0.717, 1.165) is 5.56 Å². The third kappa shape index (κ3) is 5.47. The van der Waals surface area contributed by atoms with Gasteiger partial charge in [-0.15, -0.1) is 0 Å². The van der Waals surface area contributed by atoms with Gasteiger partial charge in [-0.25, -0.2) is 4.39 Å². The number of benzene rings is 2. The first-order chi connectivity index (χ1) is 10.1. The van der Waals surface area contributed by atoms with Crippen LogP contribution in [0.5, 0.6) is 0 Å². The summed E-state index contributed by atoms with van der Waals surface area (Å²) in [6.07, 6.45) is 0.177. The van der Waals surface area contributed by atoms with Crippen molar-refractivity contribution in [2.24, 2.45) is 0 Å². The highest BCUT2D eigenvalue weighted by Gasteiger charge is 2.07. The smallest absolute Gasteiger partial charge is 0.225 e. The number of hydrogen-bond donors (Lipinski definition) is 1. The molecule has 0 heterocycles. The molecule has 2 rings (SSSR count). The van der Waals surface area contributed by atoms with E-state index in [1.807, 2.05) is 30.3 Å². The number of rotatable bonds is 6. The summed E-state index contributed by atoms with van der Waals surface area (Å²) in [5, 5.41) is 2.65. The van der Waals surface area contributed by atoms with Gasteiger partial charge in [0.1, 0.15) is 5.82 Å². The average molecular weight is 305 g/mol. The van der Waals surface area contributed by atoms with Gasteiger partial charge in [0.15, 0.2) is 0 Å². The van der Waals surface area contributed by atoms with Crippen molar-refractivity contribution in [2.75, 3.05) is 11.1 Å². The fourth-order valence-corrected chi connectivity index (χ4v) is 2.92. The Bertz CT molecular complexity index is 614. The Kier molecular flexibility index (Phi) is 5.63. The lowest BCUT2D eigenvalue weighted by molar-refractivity contribution is -0.115. The fraction of sp³-hybridized carbons (Fsp3) is 0.188. The minimum absolute atomic E-state index is 0.177. The van der Waals surface area contributed by atoms with E-state index in [-0.39, 0.29) is 18.1 Å². The van der Waals surface area contributed by atoms with Crippen molar-refractivity contribution < 1.29 is 13.4 Å². The molecule has 1 amide bonds. The number of anilines is 1. The second-order valence-corrected chi connectivity index (χ2v) is 6.16. The number of hydrogen-bond acceptors (Lipinski definition) is 2. The van der Waals surface area contributed by atoms with Crippen molar-refractivity contribution in [3.05, 3.63) is 66.0 Å². The van der Waals surface area contributed by atoms with E-state index in [2.05, 4.69) is 5.32 Å². The molecule has 2 aromatic rings. The molecule has 0 aliphatic rings. The molecule has 0 unspecified atom stereocenters. The quantitative estimate of drug-likeness (QED) is 0.891. The molecule has 0 fully saturated rings. The number of halogens is 1. The molecule has 0 aliphatic heterocycles. The van der Waals surface area contributed by atoms with Crippen LogP contribution in [0.2, 0.25) is 0 Å². The van der Waals surface area contributed by atoms with Gasteiger partial charge in [0.05, 0.1) is 0 Å². The van der Waals surface area contributed by atoms with Crippen LogP contribution in [-0.4, -0.2) is 15.9 Å². The normalized spacial score (nSPS) is 11.9. The molecule has 0 aliphatic carbocycles. The Morgan fingerprint density at radius 1 is 1.05 bits per heavy atom.